The molecule has 2 atom stereocenters. The van der Waals surface area contributed by atoms with Crippen molar-refractivity contribution in [3.05, 3.63) is 58.0 Å². The summed E-state index contributed by atoms with van der Waals surface area (Å²) in [6.07, 6.45) is 2.46. The lowest BCUT2D eigenvalue weighted by atomic mass is 9.97. The molecule has 19 heavy (non-hydrogen) atoms. The molecule has 102 valence electrons. The van der Waals surface area contributed by atoms with E-state index >= 15 is 0 Å². The van der Waals surface area contributed by atoms with Crippen LogP contribution in [0.4, 0.5) is 4.39 Å². The smallest absolute Gasteiger partial charge is 0.123 e. The topological polar surface area (TPSA) is 52.0 Å². The lowest BCUT2D eigenvalue weighted by molar-refractivity contribution is 0.492. The minimum absolute atomic E-state index is 0.0324. The van der Waals surface area contributed by atoms with Crippen molar-refractivity contribution >= 4 is 11.3 Å². The van der Waals surface area contributed by atoms with Crippen LogP contribution < -0.4 is 11.5 Å². The molecule has 1 heterocycles. The molecule has 4 N–H and O–H groups in total. The molecule has 1 aromatic heterocycles. The van der Waals surface area contributed by atoms with Crippen LogP contribution >= 0.6 is 11.3 Å². The maximum Gasteiger partial charge on any atom is 0.123 e. The Morgan fingerprint density at radius 2 is 1.74 bits per heavy atom. The molecule has 0 aliphatic heterocycles. The fourth-order valence-corrected chi connectivity index (χ4v) is 2.71. The van der Waals surface area contributed by atoms with Gasteiger partial charge in [-0.05, 0) is 59.3 Å². The molecule has 2 unspecified atom stereocenters. The van der Waals surface area contributed by atoms with Crippen molar-refractivity contribution in [2.75, 3.05) is 0 Å². The lowest BCUT2D eigenvalue weighted by Gasteiger charge is -2.19. The number of nitrogens with two attached hydrogens (primary N) is 2. The summed E-state index contributed by atoms with van der Waals surface area (Å²) in [6, 6.07) is 8.56. The van der Waals surface area contributed by atoms with E-state index in [1.54, 1.807) is 23.5 Å². The highest BCUT2D eigenvalue weighted by molar-refractivity contribution is 7.07. The molecule has 1 aromatic carbocycles. The average molecular weight is 278 g/mol. The van der Waals surface area contributed by atoms with Crippen molar-refractivity contribution in [1.82, 2.24) is 0 Å². The molecular weight excluding hydrogens is 259 g/mol. The first-order valence-electron chi connectivity index (χ1n) is 6.42. The van der Waals surface area contributed by atoms with Crippen LogP contribution in [-0.2, 0) is 12.8 Å². The standard InChI is InChI=1S/C15H19FN2S/c16-13-4-1-11(2-5-13)3-6-14(17)15(18)9-12-7-8-19-10-12/h1-2,4-5,7-8,10,14-15H,3,6,9,17-18H2. The Balaban J connectivity index is 1.80. The monoisotopic (exact) mass is 278 g/mol. The quantitative estimate of drug-likeness (QED) is 0.853. The van der Waals surface area contributed by atoms with Gasteiger partial charge in [0.1, 0.15) is 5.82 Å². The van der Waals surface area contributed by atoms with Crippen molar-refractivity contribution in [3.63, 3.8) is 0 Å². The van der Waals surface area contributed by atoms with Gasteiger partial charge in [-0.2, -0.15) is 11.3 Å². The molecule has 0 saturated carbocycles. The number of halogens is 1. The zero-order chi connectivity index (χ0) is 13.7. The van der Waals surface area contributed by atoms with E-state index in [4.69, 9.17) is 11.5 Å². The molecule has 4 heteroatoms. The van der Waals surface area contributed by atoms with Crippen LogP contribution in [-0.4, -0.2) is 12.1 Å². The van der Waals surface area contributed by atoms with Crippen molar-refractivity contribution < 1.29 is 4.39 Å². The second-order valence-corrected chi connectivity index (χ2v) is 5.61. The SMILES string of the molecule is NC(CCc1ccc(F)cc1)C(N)Cc1ccsc1. The van der Waals surface area contributed by atoms with Gasteiger partial charge in [-0.1, -0.05) is 12.1 Å². The molecule has 0 amide bonds. The highest BCUT2D eigenvalue weighted by Crippen LogP contribution is 2.12. The number of benzene rings is 1. The van der Waals surface area contributed by atoms with Gasteiger partial charge in [-0.15, -0.1) is 0 Å². The van der Waals surface area contributed by atoms with Crippen LogP contribution in [0.1, 0.15) is 17.5 Å². The van der Waals surface area contributed by atoms with Gasteiger partial charge < -0.3 is 11.5 Å². The molecule has 0 bridgehead atoms. The van der Waals surface area contributed by atoms with E-state index < -0.39 is 0 Å². The zero-order valence-corrected chi connectivity index (χ0v) is 11.6. The van der Waals surface area contributed by atoms with Gasteiger partial charge in [0.15, 0.2) is 0 Å². The molecule has 2 aromatic rings. The summed E-state index contributed by atoms with van der Waals surface area (Å²) >= 11 is 1.67. The Hall–Kier alpha value is -1.23. The Kier molecular flexibility index (Phi) is 5.07. The van der Waals surface area contributed by atoms with E-state index in [-0.39, 0.29) is 17.9 Å². The normalized spacial score (nSPS) is 14.3. The largest absolute Gasteiger partial charge is 0.326 e. The fourth-order valence-electron chi connectivity index (χ4n) is 2.03. The number of thiophene rings is 1. The van der Waals surface area contributed by atoms with Gasteiger partial charge >= 0.3 is 0 Å². The van der Waals surface area contributed by atoms with Crippen molar-refractivity contribution in [2.45, 2.75) is 31.3 Å². The second-order valence-electron chi connectivity index (χ2n) is 4.83. The molecule has 2 nitrogen and oxygen atoms in total. The van der Waals surface area contributed by atoms with Gasteiger partial charge in [0.2, 0.25) is 0 Å². The summed E-state index contributed by atoms with van der Waals surface area (Å²) in [4.78, 5) is 0. The van der Waals surface area contributed by atoms with Crippen LogP contribution in [0.25, 0.3) is 0 Å². The third-order valence-corrected chi connectivity index (χ3v) is 4.01. The van der Waals surface area contributed by atoms with E-state index in [0.717, 1.165) is 24.8 Å². The number of aryl methyl sites for hydroxylation is 1. The Morgan fingerprint density at radius 1 is 1.00 bits per heavy atom. The van der Waals surface area contributed by atoms with Crippen LogP contribution in [0.3, 0.4) is 0 Å². The molecule has 0 aliphatic carbocycles. The Bertz CT molecular complexity index is 481. The molecule has 0 radical (unpaired) electrons. The summed E-state index contributed by atoms with van der Waals surface area (Å²) in [5.41, 5.74) is 14.6. The Morgan fingerprint density at radius 3 is 2.37 bits per heavy atom. The van der Waals surface area contributed by atoms with Gasteiger partial charge in [-0.3, -0.25) is 0 Å². The minimum Gasteiger partial charge on any atom is -0.326 e. The van der Waals surface area contributed by atoms with Crippen LogP contribution in [0.2, 0.25) is 0 Å². The number of hydrogen-bond donors (Lipinski definition) is 2. The predicted molar refractivity (Wildman–Crippen MR) is 78.7 cm³/mol. The molecule has 0 spiro atoms. The molecule has 0 fully saturated rings. The Labute approximate surface area is 117 Å². The van der Waals surface area contributed by atoms with E-state index in [0.29, 0.717) is 0 Å². The van der Waals surface area contributed by atoms with E-state index in [1.165, 1.54) is 17.7 Å². The van der Waals surface area contributed by atoms with Crippen molar-refractivity contribution in [1.29, 1.82) is 0 Å². The summed E-state index contributed by atoms with van der Waals surface area (Å²) in [6.45, 7) is 0. The minimum atomic E-state index is -0.206. The first-order valence-corrected chi connectivity index (χ1v) is 7.36. The molecule has 0 saturated heterocycles. The van der Waals surface area contributed by atoms with Crippen LogP contribution in [0.15, 0.2) is 41.1 Å². The van der Waals surface area contributed by atoms with Gasteiger partial charge in [0.05, 0.1) is 0 Å². The molecular formula is C15H19FN2S. The second kappa shape index (κ2) is 6.80. The van der Waals surface area contributed by atoms with Gasteiger partial charge in [0, 0.05) is 12.1 Å². The van der Waals surface area contributed by atoms with E-state index in [1.807, 2.05) is 5.38 Å². The van der Waals surface area contributed by atoms with Crippen molar-refractivity contribution in [2.24, 2.45) is 11.5 Å². The third-order valence-electron chi connectivity index (χ3n) is 3.28. The molecule has 2 rings (SSSR count). The van der Waals surface area contributed by atoms with Crippen LogP contribution in [0, 0.1) is 5.82 Å². The summed E-state index contributed by atoms with van der Waals surface area (Å²) in [7, 11) is 0. The lowest BCUT2D eigenvalue weighted by Crippen LogP contribution is -2.43. The van der Waals surface area contributed by atoms with Crippen molar-refractivity contribution in [3.8, 4) is 0 Å². The maximum atomic E-state index is 12.8. The summed E-state index contributed by atoms with van der Waals surface area (Å²) < 4.78 is 12.8. The van der Waals surface area contributed by atoms with Gasteiger partial charge in [-0.25, -0.2) is 4.39 Å². The maximum absolute atomic E-state index is 12.8. The molecule has 0 aliphatic rings. The van der Waals surface area contributed by atoms with E-state index in [9.17, 15) is 4.39 Å². The highest BCUT2D eigenvalue weighted by Gasteiger charge is 2.14. The predicted octanol–water partition coefficient (Wildman–Crippen LogP) is 2.72. The highest BCUT2D eigenvalue weighted by atomic mass is 32.1. The number of hydrogen-bond acceptors (Lipinski definition) is 3. The summed E-state index contributed by atoms with van der Waals surface area (Å²) in [5, 5.41) is 4.15. The first-order chi connectivity index (χ1) is 9.15. The first kappa shape index (κ1) is 14.2. The zero-order valence-electron chi connectivity index (χ0n) is 10.8. The van der Waals surface area contributed by atoms with E-state index in [2.05, 4.69) is 11.4 Å². The average Bonchev–Trinajstić information content (AvgIpc) is 2.90. The van der Waals surface area contributed by atoms with Crippen LogP contribution in [0.5, 0.6) is 0 Å². The summed E-state index contributed by atoms with van der Waals surface area (Å²) in [5.74, 6) is -0.206. The number of rotatable bonds is 6. The fraction of sp³-hybridized carbons (Fsp3) is 0.333. The third kappa shape index (κ3) is 4.42. The van der Waals surface area contributed by atoms with Gasteiger partial charge in [0.25, 0.3) is 0 Å².